The molecule has 1 amide bonds. The summed E-state index contributed by atoms with van der Waals surface area (Å²) in [5.41, 5.74) is 0.167. The van der Waals surface area contributed by atoms with Crippen molar-refractivity contribution in [3.8, 4) is 11.4 Å². The highest BCUT2D eigenvalue weighted by Gasteiger charge is 2.34. The maximum absolute atomic E-state index is 13.0. The van der Waals surface area contributed by atoms with Crippen molar-refractivity contribution in [2.45, 2.75) is 69.5 Å². The van der Waals surface area contributed by atoms with E-state index >= 15 is 0 Å². The van der Waals surface area contributed by atoms with Gasteiger partial charge in [0.1, 0.15) is 18.0 Å². The summed E-state index contributed by atoms with van der Waals surface area (Å²) >= 11 is 6.13. The molecule has 216 valence electrons. The van der Waals surface area contributed by atoms with Gasteiger partial charge in [-0.2, -0.15) is 10.2 Å². The summed E-state index contributed by atoms with van der Waals surface area (Å²) in [7, 11) is 0. The summed E-state index contributed by atoms with van der Waals surface area (Å²) in [6.07, 6.45) is 7.38. The van der Waals surface area contributed by atoms with E-state index in [1.807, 2.05) is 0 Å². The van der Waals surface area contributed by atoms with Crippen LogP contribution in [0.4, 0.5) is 20.8 Å². The van der Waals surface area contributed by atoms with Gasteiger partial charge in [-0.15, -0.1) is 0 Å². The van der Waals surface area contributed by atoms with Gasteiger partial charge in [-0.1, -0.05) is 11.6 Å². The number of nitrogens with one attached hydrogen (secondary N) is 2. The van der Waals surface area contributed by atoms with Gasteiger partial charge in [0, 0.05) is 37.2 Å². The molecule has 5 rings (SSSR count). The number of aliphatic hydroxyl groups is 4. The molecule has 0 saturated heterocycles. The van der Waals surface area contributed by atoms with Gasteiger partial charge in [0.05, 0.1) is 22.5 Å². The van der Waals surface area contributed by atoms with E-state index in [0.717, 1.165) is 25.6 Å². The number of alkyl halides is 1. The first-order valence-corrected chi connectivity index (χ1v) is 13.3. The van der Waals surface area contributed by atoms with Crippen LogP contribution in [0.25, 0.3) is 11.4 Å². The van der Waals surface area contributed by atoms with Gasteiger partial charge in [-0.3, -0.25) is 14.7 Å². The molecule has 2 aliphatic carbocycles. The van der Waals surface area contributed by atoms with Gasteiger partial charge >= 0.3 is 12.1 Å². The summed E-state index contributed by atoms with van der Waals surface area (Å²) in [4.78, 5) is 22.8. The number of carbonyl (C=O) groups excluding carboxylic acids is 1. The van der Waals surface area contributed by atoms with Crippen LogP contribution in [-0.4, -0.2) is 81.5 Å². The molecule has 0 aliphatic heterocycles. The van der Waals surface area contributed by atoms with Gasteiger partial charge in [0.25, 0.3) is 0 Å². The standard InChI is InChI=1S/C24H30ClFN8O6/c25-18-9-28-32-21(18)20-17(24(37,38)39)8-27-22(31-20)30-14-3-5-15(6-4-14)34(23(36)40-12-19(26)35)16-7-29-33(11-16)10-13-1-2-13/h7-9,11,13-15,19,35,37-39H,1-6,10,12H2,(H,28,32)(H,27,30,31)/t14-,15-,19?. The molecule has 0 radical (unpaired) electrons. The first-order valence-electron chi connectivity index (χ1n) is 12.9. The molecule has 14 nitrogen and oxygen atoms in total. The zero-order valence-corrected chi connectivity index (χ0v) is 22.1. The fraction of sp³-hybridized carbons (Fsp3) is 0.542. The number of hydrogen-bond donors (Lipinski definition) is 6. The lowest BCUT2D eigenvalue weighted by Gasteiger charge is -2.35. The van der Waals surface area contributed by atoms with Gasteiger partial charge in [-0.25, -0.2) is 19.2 Å². The zero-order valence-electron chi connectivity index (χ0n) is 21.3. The van der Waals surface area contributed by atoms with Crippen molar-refractivity contribution in [1.82, 2.24) is 29.9 Å². The van der Waals surface area contributed by atoms with E-state index in [9.17, 15) is 24.5 Å². The van der Waals surface area contributed by atoms with Crippen LogP contribution in [0.1, 0.15) is 44.1 Å². The number of aliphatic hydroxyl groups excluding tert-OH is 1. The van der Waals surface area contributed by atoms with Crippen molar-refractivity contribution in [3.63, 3.8) is 0 Å². The number of ether oxygens (including phenoxy) is 1. The first-order chi connectivity index (χ1) is 19.1. The predicted molar refractivity (Wildman–Crippen MR) is 139 cm³/mol. The molecule has 2 saturated carbocycles. The molecule has 0 aromatic carbocycles. The molecular weight excluding hydrogens is 551 g/mol. The highest BCUT2D eigenvalue weighted by atomic mass is 35.5. The first kappa shape index (κ1) is 28.2. The average molecular weight is 581 g/mol. The maximum atomic E-state index is 13.0. The molecule has 0 bridgehead atoms. The number of aromatic amines is 1. The summed E-state index contributed by atoms with van der Waals surface area (Å²) in [5.74, 6) is -2.47. The lowest BCUT2D eigenvalue weighted by molar-refractivity contribution is -0.323. The molecule has 1 atom stereocenters. The normalized spacial score (nSPS) is 20.2. The minimum absolute atomic E-state index is 0.0721. The summed E-state index contributed by atoms with van der Waals surface area (Å²) in [6.45, 7) is -0.00803. The van der Waals surface area contributed by atoms with Crippen LogP contribution >= 0.6 is 11.6 Å². The minimum Gasteiger partial charge on any atom is -0.443 e. The monoisotopic (exact) mass is 580 g/mol. The second-order valence-electron chi connectivity index (χ2n) is 10.1. The summed E-state index contributed by atoms with van der Waals surface area (Å²) < 4.78 is 19.8. The number of anilines is 2. The Morgan fingerprint density at radius 3 is 2.60 bits per heavy atom. The SMILES string of the molecule is O=C(OCC(O)F)N(c1cnn(CC2CC2)c1)[C@H]1CC[C@H](Nc2ncc(C(O)(O)O)c(-c3n[nH]cc3Cl)n2)CC1. The van der Waals surface area contributed by atoms with Crippen LogP contribution in [0, 0.1) is 5.92 Å². The van der Waals surface area contributed by atoms with Crippen LogP contribution in [0.15, 0.2) is 24.8 Å². The maximum Gasteiger partial charge on any atom is 0.414 e. The molecule has 40 heavy (non-hydrogen) atoms. The van der Waals surface area contributed by atoms with Crippen molar-refractivity contribution in [3.05, 3.63) is 35.4 Å². The molecule has 6 N–H and O–H groups in total. The van der Waals surface area contributed by atoms with Gasteiger partial charge < -0.3 is 30.5 Å². The Labute approximate surface area is 232 Å². The number of halogens is 2. The van der Waals surface area contributed by atoms with Crippen molar-refractivity contribution in [2.24, 2.45) is 5.92 Å². The predicted octanol–water partition coefficient (Wildman–Crippen LogP) is 1.87. The number of amides is 1. The second-order valence-corrected chi connectivity index (χ2v) is 10.5. The molecular formula is C24H30ClFN8O6. The summed E-state index contributed by atoms with van der Waals surface area (Å²) in [6, 6.07) is -0.365. The third kappa shape index (κ3) is 6.67. The van der Waals surface area contributed by atoms with E-state index in [2.05, 4.69) is 30.6 Å². The number of nitrogens with zero attached hydrogens (tertiary/aromatic N) is 6. The van der Waals surface area contributed by atoms with Crippen LogP contribution in [0.5, 0.6) is 0 Å². The van der Waals surface area contributed by atoms with Crippen LogP contribution in [-0.2, 0) is 17.3 Å². The third-order valence-electron chi connectivity index (χ3n) is 6.94. The van der Waals surface area contributed by atoms with E-state index in [-0.39, 0.29) is 34.4 Å². The van der Waals surface area contributed by atoms with Crippen LogP contribution < -0.4 is 10.2 Å². The van der Waals surface area contributed by atoms with E-state index in [4.69, 9.17) is 21.4 Å². The Kier molecular flexibility index (Phi) is 8.19. The molecule has 2 fully saturated rings. The van der Waals surface area contributed by atoms with Crippen molar-refractivity contribution in [2.75, 3.05) is 16.8 Å². The molecule has 16 heteroatoms. The molecule has 3 heterocycles. The van der Waals surface area contributed by atoms with Crippen LogP contribution in [0.3, 0.4) is 0 Å². The Hall–Kier alpha value is -3.37. The topological polar surface area (TPSA) is 195 Å². The zero-order chi connectivity index (χ0) is 28.4. The van der Waals surface area contributed by atoms with E-state index < -0.39 is 30.6 Å². The lowest BCUT2D eigenvalue weighted by Crippen LogP contribution is -2.45. The van der Waals surface area contributed by atoms with Gasteiger partial charge in [0.15, 0.2) is 0 Å². The van der Waals surface area contributed by atoms with Gasteiger partial charge in [0.2, 0.25) is 12.3 Å². The Morgan fingerprint density at radius 1 is 1.23 bits per heavy atom. The van der Waals surface area contributed by atoms with Crippen molar-refractivity contribution >= 4 is 29.3 Å². The van der Waals surface area contributed by atoms with E-state index in [1.165, 1.54) is 11.1 Å². The number of H-pyrrole nitrogens is 1. The van der Waals surface area contributed by atoms with Crippen LogP contribution in [0.2, 0.25) is 5.02 Å². The Balaban J connectivity index is 1.28. The average Bonchev–Trinajstić information content (AvgIpc) is 3.43. The number of aromatic nitrogens is 6. The Bertz CT molecular complexity index is 1320. The molecule has 3 aromatic heterocycles. The summed E-state index contributed by atoms with van der Waals surface area (Å²) in [5, 5.41) is 52.5. The fourth-order valence-electron chi connectivity index (χ4n) is 4.80. The lowest BCUT2D eigenvalue weighted by atomic mass is 9.90. The highest BCUT2D eigenvalue weighted by molar-refractivity contribution is 6.32. The third-order valence-corrected chi connectivity index (χ3v) is 7.23. The quantitative estimate of drug-likeness (QED) is 0.192. The molecule has 3 aromatic rings. The van der Waals surface area contributed by atoms with E-state index in [1.54, 1.807) is 17.1 Å². The van der Waals surface area contributed by atoms with Crippen molar-refractivity contribution in [1.29, 1.82) is 0 Å². The van der Waals surface area contributed by atoms with Gasteiger partial charge in [-0.05, 0) is 44.4 Å². The number of carbonyl (C=O) groups is 1. The molecule has 2 aliphatic rings. The Morgan fingerprint density at radius 2 is 1.98 bits per heavy atom. The largest absolute Gasteiger partial charge is 0.443 e. The van der Waals surface area contributed by atoms with Crippen molar-refractivity contribution < 1.29 is 34.3 Å². The fourth-order valence-corrected chi connectivity index (χ4v) is 4.98. The highest BCUT2D eigenvalue weighted by Crippen LogP contribution is 2.34. The molecule has 1 unspecified atom stereocenters. The number of hydrogen-bond acceptors (Lipinski definition) is 11. The number of rotatable bonds is 10. The smallest absolute Gasteiger partial charge is 0.414 e. The second kappa shape index (κ2) is 11.6. The molecule has 0 spiro atoms. The van der Waals surface area contributed by atoms with E-state index in [0.29, 0.717) is 37.3 Å². The minimum atomic E-state index is -3.21.